The summed E-state index contributed by atoms with van der Waals surface area (Å²) in [7, 11) is 0. The lowest BCUT2D eigenvalue weighted by Crippen LogP contribution is -3.19. The Morgan fingerprint density at radius 2 is 1.90 bits per heavy atom. The maximum absolute atomic E-state index is 12.3. The lowest BCUT2D eigenvalue weighted by molar-refractivity contribution is -0.907. The van der Waals surface area contributed by atoms with Gasteiger partial charge in [-0.2, -0.15) is 0 Å². The van der Waals surface area contributed by atoms with Crippen molar-refractivity contribution in [3.63, 3.8) is 0 Å². The van der Waals surface area contributed by atoms with Crippen LogP contribution in [-0.4, -0.2) is 37.5 Å². The molecule has 2 rings (SSSR count). The molecule has 1 saturated heterocycles. The highest BCUT2D eigenvalue weighted by atomic mass is 16.2. The standard InChI is InChI=1S/C16H23N3O2/c1-11(2)13-4-6-14(7-5-13)18-16(21)12(3)19-9-8-17-15(20)10-19/h4-7,11-12H,8-10H2,1-3H3,(H,17,20)(H,18,21)/p+1/t12-/m1/s1. The Kier molecular flexibility index (Phi) is 4.96. The molecule has 1 fully saturated rings. The van der Waals surface area contributed by atoms with E-state index in [0.29, 0.717) is 19.0 Å². The molecular formula is C16H24N3O2+. The van der Waals surface area contributed by atoms with Gasteiger partial charge >= 0.3 is 0 Å². The molecule has 5 nitrogen and oxygen atoms in total. The molecule has 3 N–H and O–H groups in total. The van der Waals surface area contributed by atoms with Gasteiger partial charge in [-0.1, -0.05) is 26.0 Å². The number of hydrogen-bond donors (Lipinski definition) is 3. The molecule has 0 aromatic heterocycles. The molecule has 1 heterocycles. The second-order valence-electron chi connectivity index (χ2n) is 5.92. The monoisotopic (exact) mass is 290 g/mol. The molecule has 1 aliphatic rings. The molecule has 5 heteroatoms. The van der Waals surface area contributed by atoms with Gasteiger partial charge in [0.15, 0.2) is 12.6 Å². The Balaban J connectivity index is 1.95. The largest absolute Gasteiger partial charge is 0.346 e. The highest BCUT2D eigenvalue weighted by molar-refractivity contribution is 5.93. The van der Waals surface area contributed by atoms with E-state index in [9.17, 15) is 9.59 Å². The lowest BCUT2D eigenvalue weighted by atomic mass is 10.0. The number of hydrogen-bond acceptors (Lipinski definition) is 2. The Bertz CT molecular complexity index is 511. The van der Waals surface area contributed by atoms with Crippen molar-refractivity contribution in [2.24, 2.45) is 0 Å². The molecule has 0 radical (unpaired) electrons. The van der Waals surface area contributed by atoms with Gasteiger partial charge in [-0.05, 0) is 30.5 Å². The number of anilines is 1. The summed E-state index contributed by atoms with van der Waals surface area (Å²) in [6.45, 7) is 7.93. The number of amides is 2. The van der Waals surface area contributed by atoms with E-state index in [1.807, 2.05) is 31.2 Å². The number of rotatable bonds is 4. The summed E-state index contributed by atoms with van der Waals surface area (Å²) < 4.78 is 0. The molecule has 1 aliphatic heterocycles. The average molecular weight is 290 g/mol. The molecule has 114 valence electrons. The van der Waals surface area contributed by atoms with E-state index in [1.165, 1.54) is 5.56 Å². The van der Waals surface area contributed by atoms with E-state index < -0.39 is 0 Å². The van der Waals surface area contributed by atoms with Crippen LogP contribution in [0.15, 0.2) is 24.3 Å². The Hall–Kier alpha value is -1.88. The van der Waals surface area contributed by atoms with Crippen molar-refractivity contribution in [2.75, 3.05) is 25.0 Å². The molecule has 0 aliphatic carbocycles. The van der Waals surface area contributed by atoms with Crippen LogP contribution in [0.2, 0.25) is 0 Å². The SMILES string of the molecule is CC(C)c1ccc(NC(=O)[C@@H](C)[NH+]2CCNC(=O)C2)cc1. The zero-order valence-electron chi connectivity index (χ0n) is 12.9. The van der Waals surface area contributed by atoms with Gasteiger partial charge in [0.2, 0.25) is 0 Å². The minimum Gasteiger partial charge on any atom is -0.346 e. The smallest absolute Gasteiger partial charge is 0.282 e. The number of benzene rings is 1. The molecule has 21 heavy (non-hydrogen) atoms. The Labute approximate surface area is 125 Å². The van der Waals surface area contributed by atoms with E-state index in [2.05, 4.69) is 24.5 Å². The Morgan fingerprint density at radius 1 is 1.24 bits per heavy atom. The van der Waals surface area contributed by atoms with Crippen molar-refractivity contribution in [1.29, 1.82) is 0 Å². The average Bonchev–Trinajstić information content (AvgIpc) is 2.47. The van der Waals surface area contributed by atoms with Gasteiger partial charge < -0.3 is 15.5 Å². The third-order valence-corrected chi connectivity index (χ3v) is 4.01. The zero-order valence-corrected chi connectivity index (χ0v) is 12.9. The molecule has 1 aromatic carbocycles. The van der Waals surface area contributed by atoms with Crippen molar-refractivity contribution in [2.45, 2.75) is 32.7 Å². The third-order valence-electron chi connectivity index (χ3n) is 4.01. The van der Waals surface area contributed by atoms with Crippen LogP contribution in [0.4, 0.5) is 5.69 Å². The number of carbonyl (C=O) groups is 2. The van der Waals surface area contributed by atoms with Crippen LogP contribution in [0.25, 0.3) is 0 Å². The molecule has 1 aromatic rings. The van der Waals surface area contributed by atoms with Gasteiger partial charge in [-0.15, -0.1) is 0 Å². The maximum atomic E-state index is 12.3. The van der Waals surface area contributed by atoms with Crippen LogP contribution < -0.4 is 15.5 Å². The minimum atomic E-state index is -0.235. The molecule has 1 unspecified atom stereocenters. The van der Waals surface area contributed by atoms with Crippen LogP contribution in [-0.2, 0) is 9.59 Å². The third kappa shape index (κ3) is 4.04. The van der Waals surface area contributed by atoms with Crippen LogP contribution in [0.1, 0.15) is 32.3 Å². The molecule has 0 spiro atoms. The number of piperazine rings is 1. The maximum Gasteiger partial charge on any atom is 0.282 e. The van der Waals surface area contributed by atoms with Gasteiger partial charge in [0.1, 0.15) is 0 Å². The van der Waals surface area contributed by atoms with E-state index in [0.717, 1.165) is 17.1 Å². The molecule has 0 saturated carbocycles. The van der Waals surface area contributed by atoms with Gasteiger partial charge in [-0.3, -0.25) is 9.59 Å². The van der Waals surface area contributed by atoms with Crippen LogP contribution in [0.5, 0.6) is 0 Å². The lowest BCUT2D eigenvalue weighted by Gasteiger charge is -2.28. The van der Waals surface area contributed by atoms with Crippen LogP contribution >= 0.6 is 0 Å². The number of nitrogens with one attached hydrogen (secondary N) is 3. The summed E-state index contributed by atoms with van der Waals surface area (Å²) in [5.41, 5.74) is 2.05. The van der Waals surface area contributed by atoms with Gasteiger partial charge in [0.05, 0.1) is 13.1 Å². The summed E-state index contributed by atoms with van der Waals surface area (Å²) in [6, 6.07) is 7.69. The zero-order chi connectivity index (χ0) is 15.4. The predicted molar refractivity (Wildman–Crippen MR) is 82.3 cm³/mol. The fourth-order valence-electron chi connectivity index (χ4n) is 2.48. The van der Waals surface area contributed by atoms with E-state index in [4.69, 9.17) is 0 Å². The van der Waals surface area contributed by atoms with E-state index in [1.54, 1.807) is 0 Å². The van der Waals surface area contributed by atoms with E-state index >= 15 is 0 Å². The van der Waals surface area contributed by atoms with Crippen LogP contribution in [0.3, 0.4) is 0 Å². The van der Waals surface area contributed by atoms with E-state index in [-0.39, 0.29) is 17.9 Å². The van der Waals surface area contributed by atoms with Crippen molar-refractivity contribution in [1.82, 2.24) is 5.32 Å². The normalized spacial score (nSPS) is 20.0. The predicted octanol–water partition coefficient (Wildman–Crippen LogP) is 0.152. The van der Waals surface area contributed by atoms with Crippen LogP contribution in [0, 0.1) is 0 Å². The molecule has 0 bridgehead atoms. The van der Waals surface area contributed by atoms with Gasteiger partial charge in [0.25, 0.3) is 11.8 Å². The van der Waals surface area contributed by atoms with Crippen molar-refractivity contribution in [3.8, 4) is 0 Å². The molecule has 2 amide bonds. The summed E-state index contributed by atoms with van der Waals surface area (Å²) in [4.78, 5) is 24.7. The van der Waals surface area contributed by atoms with Crippen molar-refractivity contribution < 1.29 is 14.5 Å². The fourth-order valence-corrected chi connectivity index (χ4v) is 2.48. The second-order valence-corrected chi connectivity index (χ2v) is 5.92. The number of carbonyl (C=O) groups excluding carboxylic acids is 2. The van der Waals surface area contributed by atoms with Crippen molar-refractivity contribution in [3.05, 3.63) is 29.8 Å². The fraction of sp³-hybridized carbons (Fsp3) is 0.500. The van der Waals surface area contributed by atoms with Gasteiger partial charge in [0, 0.05) is 5.69 Å². The first kappa shape index (κ1) is 15.5. The summed E-state index contributed by atoms with van der Waals surface area (Å²) in [5, 5.41) is 5.71. The summed E-state index contributed by atoms with van der Waals surface area (Å²) >= 11 is 0. The van der Waals surface area contributed by atoms with Crippen molar-refractivity contribution >= 4 is 17.5 Å². The highest BCUT2D eigenvalue weighted by Crippen LogP contribution is 2.17. The molecular weight excluding hydrogens is 266 g/mol. The topological polar surface area (TPSA) is 62.6 Å². The quantitative estimate of drug-likeness (QED) is 0.739. The highest BCUT2D eigenvalue weighted by Gasteiger charge is 2.29. The molecule has 2 atom stereocenters. The Morgan fingerprint density at radius 3 is 2.48 bits per heavy atom. The minimum absolute atomic E-state index is 0.0113. The first-order valence-electron chi connectivity index (χ1n) is 7.49. The first-order valence-corrected chi connectivity index (χ1v) is 7.49. The second kappa shape index (κ2) is 6.72. The first-order chi connectivity index (χ1) is 9.97. The summed E-state index contributed by atoms with van der Waals surface area (Å²) in [6.07, 6.45) is 0. The summed E-state index contributed by atoms with van der Waals surface area (Å²) in [5.74, 6) is 0.444. The van der Waals surface area contributed by atoms with Gasteiger partial charge in [-0.25, -0.2) is 0 Å². The number of quaternary nitrogens is 1.